The van der Waals surface area contributed by atoms with Gasteiger partial charge in [0, 0.05) is 32.5 Å². The van der Waals surface area contributed by atoms with E-state index in [0.29, 0.717) is 44.9 Å². The first kappa shape index (κ1) is 16.9. The fourth-order valence-corrected chi connectivity index (χ4v) is 3.64. The van der Waals surface area contributed by atoms with E-state index in [1.54, 1.807) is 17.0 Å². The van der Waals surface area contributed by atoms with Crippen molar-refractivity contribution < 1.29 is 14.0 Å². The maximum Gasteiger partial charge on any atom is 0.256 e. The van der Waals surface area contributed by atoms with E-state index >= 15 is 0 Å². The Balaban J connectivity index is 1.70. The summed E-state index contributed by atoms with van der Waals surface area (Å²) in [5, 5.41) is 3.35. The summed E-state index contributed by atoms with van der Waals surface area (Å²) in [4.78, 5) is 28.3. The Kier molecular flexibility index (Phi) is 4.58. The number of carbonyl (C=O) groups is 2. The smallest absolute Gasteiger partial charge is 0.256 e. The molecule has 2 aliphatic heterocycles. The minimum absolute atomic E-state index is 0.114. The number of halogens is 1. The number of nitrogens with one attached hydrogen (secondary N) is 1. The highest BCUT2D eigenvalue weighted by Crippen LogP contribution is 2.31. The van der Waals surface area contributed by atoms with Crippen molar-refractivity contribution in [3.8, 4) is 0 Å². The van der Waals surface area contributed by atoms with Crippen LogP contribution in [0.25, 0.3) is 0 Å². The molecule has 1 aromatic rings. The summed E-state index contributed by atoms with van der Waals surface area (Å²) in [7, 11) is 0. The van der Waals surface area contributed by atoms with Gasteiger partial charge in [-0.05, 0) is 18.1 Å². The lowest BCUT2D eigenvalue weighted by Gasteiger charge is -2.45. The first-order chi connectivity index (χ1) is 11.4. The molecule has 2 saturated heterocycles. The average molecular weight is 333 g/mol. The van der Waals surface area contributed by atoms with Crippen LogP contribution in [0.1, 0.15) is 37.0 Å². The summed E-state index contributed by atoms with van der Waals surface area (Å²) in [6.45, 7) is 6.29. The van der Waals surface area contributed by atoms with Crippen molar-refractivity contribution in [3.63, 3.8) is 0 Å². The molecule has 3 rings (SSSR count). The van der Waals surface area contributed by atoms with Crippen molar-refractivity contribution in [2.75, 3.05) is 26.2 Å². The molecule has 0 aromatic heterocycles. The molecule has 0 saturated carbocycles. The van der Waals surface area contributed by atoms with Crippen LogP contribution in [0.4, 0.5) is 4.39 Å². The van der Waals surface area contributed by atoms with Crippen LogP contribution >= 0.6 is 0 Å². The Morgan fingerprint density at radius 1 is 1.29 bits per heavy atom. The molecule has 0 radical (unpaired) electrons. The summed E-state index contributed by atoms with van der Waals surface area (Å²) in [6.07, 6.45) is 1.34. The van der Waals surface area contributed by atoms with Crippen LogP contribution in [0.5, 0.6) is 0 Å². The van der Waals surface area contributed by atoms with Crippen LogP contribution < -0.4 is 5.32 Å². The fourth-order valence-electron chi connectivity index (χ4n) is 3.64. The Labute approximate surface area is 141 Å². The average Bonchev–Trinajstić information content (AvgIpc) is 2.85. The highest BCUT2D eigenvalue weighted by molar-refractivity contribution is 5.94. The summed E-state index contributed by atoms with van der Waals surface area (Å²) >= 11 is 0. The Bertz CT molecular complexity index is 639. The number of rotatable bonds is 3. The van der Waals surface area contributed by atoms with Gasteiger partial charge in [-0.25, -0.2) is 4.39 Å². The normalized spacial score (nSPS) is 20.2. The van der Waals surface area contributed by atoms with Crippen molar-refractivity contribution >= 4 is 11.8 Å². The van der Waals surface area contributed by atoms with Crippen molar-refractivity contribution in [1.82, 2.24) is 15.1 Å². The van der Waals surface area contributed by atoms with Crippen molar-refractivity contribution in [2.45, 2.75) is 32.4 Å². The molecule has 6 heteroatoms. The maximum absolute atomic E-state index is 13.8. The third-order valence-corrected chi connectivity index (χ3v) is 4.92. The van der Waals surface area contributed by atoms with Crippen LogP contribution in [-0.2, 0) is 4.79 Å². The SMILES string of the molecule is CC(C)CN1C(=O)CNC12CCN(C(=O)c1ccccc1F)CC2. The third kappa shape index (κ3) is 3.02. The van der Waals surface area contributed by atoms with E-state index in [2.05, 4.69) is 19.2 Å². The van der Waals surface area contributed by atoms with Gasteiger partial charge in [0.25, 0.3) is 5.91 Å². The number of likely N-dealkylation sites (tertiary alicyclic amines) is 1. The van der Waals surface area contributed by atoms with Gasteiger partial charge < -0.3 is 9.80 Å². The van der Waals surface area contributed by atoms with E-state index in [-0.39, 0.29) is 23.0 Å². The molecule has 1 aromatic carbocycles. The zero-order valence-corrected chi connectivity index (χ0v) is 14.2. The molecule has 2 aliphatic rings. The molecule has 130 valence electrons. The number of piperidine rings is 1. The molecule has 2 amide bonds. The molecule has 0 unspecified atom stereocenters. The van der Waals surface area contributed by atoms with E-state index < -0.39 is 5.82 Å². The Morgan fingerprint density at radius 2 is 1.96 bits per heavy atom. The number of benzene rings is 1. The highest BCUT2D eigenvalue weighted by atomic mass is 19.1. The molecule has 24 heavy (non-hydrogen) atoms. The molecule has 5 nitrogen and oxygen atoms in total. The van der Waals surface area contributed by atoms with Crippen LogP contribution in [-0.4, -0.2) is 53.5 Å². The molecular weight excluding hydrogens is 309 g/mol. The molecule has 2 heterocycles. The van der Waals surface area contributed by atoms with Crippen LogP contribution in [0.3, 0.4) is 0 Å². The molecular formula is C18H24FN3O2. The third-order valence-electron chi connectivity index (χ3n) is 4.92. The van der Waals surface area contributed by atoms with Gasteiger partial charge in [0.1, 0.15) is 5.82 Å². The number of amides is 2. The van der Waals surface area contributed by atoms with Gasteiger partial charge in [-0.3, -0.25) is 14.9 Å². The first-order valence-corrected chi connectivity index (χ1v) is 8.52. The monoisotopic (exact) mass is 333 g/mol. The van der Waals surface area contributed by atoms with Crippen molar-refractivity contribution in [2.24, 2.45) is 5.92 Å². The van der Waals surface area contributed by atoms with Gasteiger partial charge in [-0.1, -0.05) is 26.0 Å². The van der Waals surface area contributed by atoms with E-state index in [9.17, 15) is 14.0 Å². The molecule has 1 N–H and O–H groups in total. The number of hydrogen-bond donors (Lipinski definition) is 1. The summed E-state index contributed by atoms with van der Waals surface area (Å²) in [5.41, 5.74) is -0.240. The standard InChI is InChI=1S/C18H24FN3O2/c1-13(2)12-22-16(23)11-20-18(22)7-9-21(10-8-18)17(24)14-5-3-4-6-15(14)19/h3-6,13,20H,7-12H2,1-2H3. The van der Waals surface area contributed by atoms with Crippen LogP contribution in [0.2, 0.25) is 0 Å². The summed E-state index contributed by atoms with van der Waals surface area (Å²) in [5.74, 6) is -0.248. The highest BCUT2D eigenvalue weighted by Gasteiger charge is 2.47. The lowest BCUT2D eigenvalue weighted by atomic mass is 9.94. The Hall–Kier alpha value is -1.95. The largest absolute Gasteiger partial charge is 0.338 e. The topological polar surface area (TPSA) is 52.7 Å². The van der Waals surface area contributed by atoms with Gasteiger partial charge in [-0.2, -0.15) is 0 Å². The Morgan fingerprint density at radius 3 is 2.58 bits per heavy atom. The summed E-state index contributed by atoms with van der Waals surface area (Å²) in [6, 6.07) is 6.07. The summed E-state index contributed by atoms with van der Waals surface area (Å²) < 4.78 is 13.8. The first-order valence-electron chi connectivity index (χ1n) is 8.52. The molecule has 1 spiro atoms. The van der Waals surface area contributed by atoms with Crippen molar-refractivity contribution in [1.29, 1.82) is 0 Å². The van der Waals surface area contributed by atoms with Gasteiger partial charge >= 0.3 is 0 Å². The fraction of sp³-hybridized carbons (Fsp3) is 0.556. The van der Waals surface area contributed by atoms with Crippen LogP contribution in [0, 0.1) is 11.7 Å². The van der Waals surface area contributed by atoms with E-state index in [4.69, 9.17) is 0 Å². The van der Waals surface area contributed by atoms with Gasteiger partial charge in [0.15, 0.2) is 0 Å². The number of nitrogens with zero attached hydrogens (tertiary/aromatic N) is 2. The number of hydrogen-bond acceptors (Lipinski definition) is 3. The molecule has 2 fully saturated rings. The number of carbonyl (C=O) groups excluding carboxylic acids is 2. The minimum Gasteiger partial charge on any atom is -0.338 e. The van der Waals surface area contributed by atoms with Crippen molar-refractivity contribution in [3.05, 3.63) is 35.6 Å². The molecule has 0 bridgehead atoms. The predicted molar refractivity (Wildman–Crippen MR) is 88.8 cm³/mol. The zero-order chi connectivity index (χ0) is 17.3. The van der Waals surface area contributed by atoms with Gasteiger partial charge in [0.05, 0.1) is 17.8 Å². The van der Waals surface area contributed by atoms with E-state index in [1.807, 2.05) is 4.90 Å². The zero-order valence-electron chi connectivity index (χ0n) is 14.2. The van der Waals surface area contributed by atoms with Gasteiger partial charge in [0.2, 0.25) is 5.91 Å². The predicted octanol–water partition coefficient (Wildman–Crippen LogP) is 1.85. The maximum atomic E-state index is 13.8. The minimum atomic E-state index is -0.488. The molecule has 0 atom stereocenters. The molecule has 0 aliphatic carbocycles. The quantitative estimate of drug-likeness (QED) is 0.918. The lowest BCUT2D eigenvalue weighted by molar-refractivity contribution is -0.132. The second kappa shape index (κ2) is 6.51. The van der Waals surface area contributed by atoms with E-state index in [1.165, 1.54) is 12.1 Å². The van der Waals surface area contributed by atoms with Crippen LogP contribution in [0.15, 0.2) is 24.3 Å². The second-order valence-electron chi connectivity index (χ2n) is 7.06. The lowest BCUT2D eigenvalue weighted by Crippen LogP contribution is -2.59. The van der Waals surface area contributed by atoms with Gasteiger partial charge in [-0.15, -0.1) is 0 Å². The van der Waals surface area contributed by atoms with E-state index in [0.717, 1.165) is 0 Å². The second-order valence-corrected chi connectivity index (χ2v) is 7.06.